The van der Waals surface area contributed by atoms with E-state index in [0.717, 1.165) is 16.8 Å². The number of amides is 1. The van der Waals surface area contributed by atoms with Gasteiger partial charge in [-0.25, -0.2) is 0 Å². The van der Waals surface area contributed by atoms with Crippen molar-refractivity contribution in [2.75, 3.05) is 18.6 Å². The summed E-state index contributed by atoms with van der Waals surface area (Å²) >= 11 is 0. The van der Waals surface area contributed by atoms with Crippen molar-refractivity contribution in [2.24, 2.45) is 0 Å². The normalized spacial score (nSPS) is 16.1. The van der Waals surface area contributed by atoms with Crippen molar-refractivity contribution in [3.8, 4) is 0 Å². The first-order valence-corrected chi connectivity index (χ1v) is 7.64. The molecule has 23 heavy (non-hydrogen) atoms. The molecule has 0 bridgehead atoms. The first kappa shape index (κ1) is 15.3. The van der Waals surface area contributed by atoms with E-state index < -0.39 is 0 Å². The largest absolute Gasteiger partial charge is 0.469 e. The quantitative estimate of drug-likeness (QED) is 0.817. The molecule has 0 spiro atoms. The van der Waals surface area contributed by atoms with E-state index >= 15 is 0 Å². The lowest BCUT2D eigenvalue weighted by Crippen LogP contribution is -2.30. The van der Waals surface area contributed by atoms with Crippen LogP contribution in [-0.4, -0.2) is 25.5 Å². The van der Waals surface area contributed by atoms with Gasteiger partial charge in [-0.05, 0) is 30.7 Å². The van der Waals surface area contributed by atoms with Gasteiger partial charge in [0.05, 0.1) is 13.5 Å². The van der Waals surface area contributed by atoms with Gasteiger partial charge in [0.2, 0.25) is 0 Å². The highest BCUT2D eigenvalue weighted by Crippen LogP contribution is 2.38. The monoisotopic (exact) mass is 309 g/mol. The number of aryl methyl sites for hydroxylation is 1. The van der Waals surface area contributed by atoms with Gasteiger partial charge in [0.1, 0.15) is 0 Å². The maximum Gasteiger partial charge on any atom is 0.306 e. The highest BCUT2D eigenvalue weighted by atomic mass is 16.5. The standard InChI is InChI=1S/C19H19NO3/c1-13-7-9-14(10-8-13)19(22)20-12-15(11-18(21)23-2)16-5-3-4-6-17(16)20/h3-10,15H,11-12H2,1-2H3/t15-/m0/s1. The minimum Gasteiger partial charge on any atom is -0.469 e. The summed E-state index contributed by atoms with van der Waals surface area (Å²) in [4.78, 5) is 26.2. The second-order valence-electron chi connectivity index (χ2n) is 5.82. The summed E-state index contributed by atoms with van der Waals surface area (Å²) < 4.78 is 4.78. The predicted molar refractivity (Wildman–Crippen MR) is 88.7 cm³/mol. The van der Waals surface area contributed by atoms with Crippen LogP contribution < -0.4 is 4.90 Å². The molecule has 0 aromatic heterocycles. The van der Waals surface area contributed by atoms with Crippen molar-refractivity contribution in [2.45, 2.75) is 19.3 Å². The molecule has 0 radical (unpaired) electrons. The van der Waals surface area contributed by atoms with E-state index in [1.54, 1.807) is 4.90 Å². The van der Waals surface area contributed by atoms with Crippen molar-refractivity contribution >= 4 is 17.6 Å². The number of carbonyl (C=O) groups excluding carboxylic acids is 2. The van der Waals surface area contributed by atoms with Gasteiger partial charge in [0.25, 0.3) is 5.91 Å². The smallest absolute Gasteiger partial charge is 0.306 e. The van der Waals surface area contributed by atoms with Crippen LogP contribution in [0.3, 0.4) is 0 Å². The van der Waals surface area contributed by atoms with Crippen LogP contribution in [0.2, 0.25) is 0 Å². The van der Waals surface area contributed by atoms with Gasteiger partial charge < -0.3 is 9.64 Å². The van der Waals surface area contributed by atoms with E-state index in [9.17, 15) is 9.59 Å². The van der Waals surface area contributed by atoms with Crippen molar-refractivity contribution in [1.29, 1.82) is 0 Å². The van der Waals surface area contributed by atoms with Gasteiger partial charge in [-0.1, -0.05) is 35.9 Å². The zero-order valence-electron chi connectivity index (χ0n) is 13.3. The summed E-state index contributed by atoms with van der Waals surface area (Å²) in [6.07, 6.45) is 0.283. The van der Waals surface area contributed by atoms with Crippen LogP contribution in [0.5, 0.6) is 0 Å². The molecule has 0 N–H and O–H groups in total. The SMILES string of the molecule is COC(=O)C[C@H]1CN(C(=O)c2ccc(C)cc2)c2ccccc21. The van der Waals surface area contributed by atoms with Crippen molar-refractivity contribution in [3.63, 3.8) is 0 Å². The molecular formula is C19H19NO3. The van der Waals surface area contributed by atoms with E-state index in [0.29, 0.717) is 12.1 Å². The van der Waals surface area contributed by atoms with Crippen LogP contribution in [0.1, 0.15) is 33.8 Å². The van der Waals surface area contributed by atoms with Crippen LogP contribution >= 0.6 is 0 Å². The summed E-state index contributed by atoms with van der Waals surface area (Å²) in [6.45, 7) is 2.49. The Morgan fingerprint density at radius 2 is 1.83 bits per heavy atom. The fourth-order valence-corrected chi connectivity index (χ4v) is 3.00. The summed E-state index contributed by atoms with van der Waals surface area (Å²) in [7, 11) is 1.39. The molecule has 1 aliphatic rings. The Balaban J connectivity index is 1.90. The Labute approximate surface area is 135 Å². The number of nitrogens with zero attached hydrogens (tertiary/aromatic N) is 1. The van der Waals surface area contributed by atoms with Crippen LogP contribution in [0, 0.1) is 6.92 Å². The molecule has 0 saturated carbocycles. The van der Waals surface area contributed by atoms with E-state index in [4.69, 9.17) is 4.74 Å². The molecule has 1 atom stereocenters. The minimum absolute atomic E-state index is 0.0203. The minimum atomic E-state index is -0.255. The average Bonchev–Trinajstić information content (AvgIpc) is 2.93. The Morgan fingerprint density at radius 1 is 1.13 bits per heavy atom. The average molecular weight is 309 g/mol. The third-order valence-corrected chi connectivity index (χ3v) is 4.25. The van der Waals surface area contributed by atoms with Gasteiger partial charge in [0, 0.05) is 23.7 Å². The van der Waals surface area contributed by atoms with E-state index in [1.807, 2.05) is 55.5 Å². The molecule has 0 fully saturated rings. The molecule has 1 aliphatic heterocycles. The van der Waals surface area contributed by atoms with Gasteiger partial charge in [-0.3, -0.25) is 9.59 Å². The van der Waals surface area contributed by atoms with Gasteiger partial charge in [0.15, 0.2) is 0 Å². The maximum absolute atomic E-state index is 12.8. The second-order valence-corrected chi connectivity index (χ2v) is 5.82. The molecule has 2 aromatic carbocycles. The van der Waals surface area contributed by atoms with Crippen LogP contribution in [0.25, 0.3) is 0 Å². The molecule has 0 unspecified atom stereocenters. The molecule has 4 heteroatoms. The van der Waals surface area contributed by atoms with Gasteiger partial charge in [-0.15, -0.1) is 0 Å². The van der Waals surface area contributed by atoms with Crippen LogP contribution in [-0.2, 0) is 9.53 Å². The van der Waals surface area contributed by atoms with Gasteiger partial charge in [-0.2, -0.15) is 0 Å². The maximum atomic E-state index is 12.8. The zero-order valence-corrected chi connectivity index (χ0v) is 13.3. The van der Waals surface area contributed by atoms with E-state index in [2.05, 4.69) is 0 Å². The fraction of sp³-hybridized carbons (Fsp3) is 0.263. The zero-order chi connectivity index (χ0) is 16.4. The van der Waals surface area contributed by atoms with Gasteiger partial charge >= 0.3 is 5.97 Å². The fourth-order valence-electron chi connectivity index (χ4n) is 3.00. The van der Waals surface area contributed by atoms with E-state index in [-0.39, 0.29) is 24.2 Å². The first-order valence-electron chi connectivity index (χ1n) is 7.64. The van der Waals surface area contributed by atoms with E-state index in [1.165, 1.54) is 7.11 Å². The number of carbonyl (C=O) groups is 2. The molecule has 3 rings (SSSR count). The number of anilines is 1. The third-order valence-electron chi connectivity index (χ3n) is 4.25. The lowest BCUT2D eigenvalue weighted by molar-refractivity contribution is -0.141. The lowest BCUT2D eigenvalue weighted by Gasteiger charge is -2.18. The molecule has 0 aliphatic carbocycles. The predicted octanol–water partition coefficient (Wildman–Crippen LogP) is 3.30. The lowest BCUT2D eigenvalue weighted by atomic mass is 9.98. The summed E-state index contributed by atoms with van der Waals surface area (Å²) in [5, 5.41) is 0. The number of hydrogen-bond acceptors (Lipinski definition) is 3. The number of hydrogen-bond donors (Lipinski definition) is 0. The highest BCUT2D eigenvalue weighted by molar-refractivity contribution is 6.07. The first-order chi connectivity index (χ1) is 11.1. The van der Waals surface area contributed by atoms with Crippen LogP contribution in [0.15, 0.2) is 48.5 Å². The molecule has 1 amide bonds. The summed E-state index contributed by atoms with van der Waals surface area (Å²) in [5.41, 5.74) is 3.68. The Kier molecular flexibility index (Phi) is 4.15. The Hall–Kier alpha value is -2.62. The Morgan fingerprint density at radius 3 is 2.52 bits per heavy atom. The number of esters is 1. The number of benzene rings is 2. The van der Waals surface area contributed by atoms with Crippen molar-refractivity contribution < 1.29 is 14.3 Å². The molecular weight excluding hydrogens is 290 g/mol. The van der Waals surface area contributed by atoms with Crippen molar-refractivity contribution in [3.05, 3.63) is 65.2 Å². The molecule has 118 valence electrons. The molecule has 4 nitrogen and oxygen atoms in total. The number of rotatable bonds is 3. The molecule has 0 saturated heterocycles. The van der Waals surface area contributed by atoms with Crippen LogP contribution in [0.4, 0.5) is 5.69 Å². The highest BCUT2D eigenvalue weighted by Gasteiger charge is 2.33. The number of para-hydroxylation sites is 1. The third kappa shape index (κ3) is 2.97. The van der Waals surface area contributed by atoms with Crippen molar-refractivity contribution in [1.82, 2.24) is 0 Å². The topological polar surface area (TPSA) is 46.6 Å². The Bertz CT molecular complexity index is 737. The number of methoxy groups -OCH3 is 1. The number of fused-ring (bicyclic) bond motifs is 1. The summed E-state index contributed by atoms with van der Waals surface area (Å²) in [6, 6.07) is 15.3. The number of ether oxygens (including phenoxy) is 1. The molecule has 2 aromatic rings. The summed E-state index contributed by atoms with van der Waals surface area (Å²) in [5.74, 6) is -0.313. The molecule has 1 heterocycles. The second kappa shape index (κ2) is 6.24.